The first-order valence-corrected chi connectivity index (χ1v) is 7.98. The van der Waals surface area contributed by atoms with E-state index in [4.69, 9.17) is 9.47 Å². The molecular formula is C16H16F2N4O4. The molecule has 0 unspecified atom stereocenters. The van der Waals surface area contributed by atoms with Gasteiger partial charge in [0.2, 0.25) is 0 Å². The number of rotatable bonds is 3. The van der Waals surface area contributed by atoms with Gasteiger partial charge in [-0.15, -0.1) is 0 Å². The number of aromatic nitrogens is 2. The number of carbonyl (C=O) groups excluding carboxylic acids is 1. The molecule has 3 heterocycles. The topological polar surface area (TPSA) is 97.6 Å². The lowest BCUT2D eigenvalue weighted by molar-refractivity contribution is -0.163. The van der Waals surface area contributed by atoms with Gasteiger partial charge in [0, 0.05) is 18.5 Å². The summed E-state index contributed by atoms with van der Waals surface area (Å²) in [5.41, 5.74) is -0.179. The maximum Gasteiger partial charge on any atom is 0.319 e. The van der Waals surface area contributed by atoms with Crippen molar-refractivity contribution in [1.29, 1.82) is 0 Å². The van der Waals surface area contributed by atoms with Crippen molar-refractivity contribution in [3.63, 3.8) is 0 Å². The number of anilines is 1. The van der Waals surface area contributed by atoms with Crippen LogP contribution in [0, 0.1) is 11.6 Å². The van der Waals surface area contributed by atoms with Gasteiger partial charge < -0.3 is 29.8 Å². The third-order valence-electron chi connectivity index (χ3n) is 4.48. The molecular weight excluding hydrogens is 350 g/mol. The van der Waals surface area contributed by atoms with E-state index in [9.17, 15) is 18.7 Å². The Kier molecular flexibility index (Phi) is 4.31. The van der Waals surface area contributed by atoms with Crippen molar-refractivity contribution in [3.05, 3.63) is 48.6 Å². The van der Waals surface area contributed by atoms with Crippen molar-refractivity contribution in [2.75, 3.05) is 11.9 Å². The van der Waals surface area contributed by atoms with E-state index in [1.165, 1.54) is 6.33 Å². The molecule has 8 nitrogen and oxygen atoms in total. The number of imidazole rings is 1. The van der Waals surface area contributed by atoms with Gasteiger partial charge in [0.25, 0.3) is 0 Å². The molecule has 0 radical (unpaired) electrons. The highest BCUT2D eigenvalue weighted by atomic mass is 19.1. The van der Waals surface area contributed by atoms with Crippen molar-refractivity contribution < 1.29 is 28.2 Å². The van der Waals surface area contributed by atoms with E-state index < -0.39 is 48.2 Å². The molecule has 138 valence electrons. The van der Waals surface area contributed by atoms with Crippen molar-refractivity contribution in [2.45, 2.75) is 30.6 Å². The lowest BCUT2D eigenvalue weighted by Gasteiger charge is -2.38. The lowest BCUT2D eigenvalue weighted by atomic mass is 9.96. The molecule has 2 aliphatic heterocycles. The SMILES string of the molecule is O=C(Nc1ccc(F)cc1F)N[C@H]1[C@H](O)[C@@H](n2ccnc2)[C@@H]2OC[C@H]1O2. The van der Waals surface area contributed by atoms with Crippen LogP contribution in [0.2, 0.25) is 0 Å². The van der Waals surface area contributed by atoms with E-state index in [1.807, 2.05) is 0 Å². The fourth-order valence-corrected chi connectivity index (χ4v) is 3.24. The fourth-order valence-electron chi connectivity index (χ4n) is 3.24. The average Bonchev–Trinajstić information content (AvgIpc) is 3.26. The molecule has 2 aromatic rings. The molecule has 2 aliphatic rings. The molecule has 1 aromatic carbocycles. The van der Waals surface area contributed by atoms with E-state index in [2.05, 4.69) is 15.6 Å². The third-order valence-corrected chi connectivity index (χ3v) is 4.48. The Labute approximate surface area is 146 Å². The normalized spacial score (nSPS) is 30.2. The Morgan fingerprint density at radius 1 is 1.38 bits per heavy atom. The summed E-state index contributed by atoms with van der Waals surface area (Å²) in [6.45, 7) is 0.197. The molecule has 10 heteroatoms. The van der Waals surface area contributed by atoms with Crippen LogP contribution in [0.3, 0.4) is 0 Å². The lowest BCUT2D eigenvalue weighted by Crippen LogP contribution is -2.59. The van der Waals surface area contributed by atoms with Gasteiger partial charge in [-0.05, 0) is 12.1 Å². The van der Waals surface area contributed by atoms with E-state index in [0.29, 0.717) is 6.07 Å². The molecule has 26 heavy (non-hydrogen) atoms. The van der Waals surface area contributed by atoms with Crippen molar-refractivity contribution in [3.8, 4) is 0 Å². The average molecular weight is 366 g/mol. The predicted octanol–water partition coefficient (Wildman–Crippen LogP) is 1.01. The first kappa shape index (κ1) is 16.9. The smallest absolute Gasteiger partial charge is 0.319 e. The quantitative estimate of drug-likeness (QED) is 0.753. The maximum atomic E-state index is 13.7. The zero-order valence-corrected chi connectivity index (χ0v) is 13.4. The summed E-state index contributed by atoms with van der Waals surface area (Å²) in [4.78, 5) is 16.2. The molecule has 1 aromatic heterocycles. The summed E-state index contributed by atoms with van der Waals surface area (Å²) in [7, 11) is 0. The van der Waals surface area contributed by atoms with Gasteiger partial charge in [0.1, 0.15) is 29.9 Å². The number of carbonyl (C=O) groups is 1. The number of nitrogens with zero attached hydrogens (tertiary/aromatic N) is 2. The first-order chi connectivity index (χ1) is 12.5. The number of amides is 2. The summed E-state index contributed by atoms with van der Waals surface area (Å²) in [5, 5.41) is 15.6. The van der Waals surface area contributed by atoms with E-state index >= 15 is 0 Å². The van der Waals surface area contributed by atoms with Gasteiger partial charge in [-0.2, -0.15) is 0 Å². The second-order valence-corrected chi connectivity index (χ2v) is 6.12. The number of hydrogen-bond donors (Lipinski definition) is 3. The third kappa shape index (κ3) is 3.02. The minimum atomic E-state index is -1.01. The Balaban J connectivity index is 1.49. The van der Waals surface area contributed by atoms with Crippen LogP contribution in [0.25, 0.3) is 0 Å². The number of hydrogen-bond acceptors (Lipinski definition) is 5. The molecule has 2 saturated heterocycles. The maximum absolute atomic E-state index is 13.7. The number of ether oxygens (including phenoxy) is 2. The molecule has 0 spiro atoms. The number of nitrogens with one attached hydrogen (secondary N) is 2. The fraction of sp³-hybridized carbons (Fsp3) is 0.375. The van der Waals surface area contributed by atoms with E-state index in [0.717, 1.165) is 12.1 Å². The van der Waals surface area contributed by atoms with Crippen molar-refractivity contribution in [1.82, 2.24) is 14.9 Å². The Morgan fingerprint density at radius 2 is 2.23 bits per heavy atom. The number of halogens is 2. The van der Waals surface area contributed by atoms with Crippen LogP contribution < -0.4 is 10.6 Å². The largest absolute Gasteiger partial charge is 0.388 e. The molecule has 2 amide bonds. The summed E-state index contributed by atoms with van der Waals surface area (Å²) >= 11 is 0. The van der Waals surface area contributed by atoms with Crippen LogP contribution in [0.15, 0.2) is 36.9 Å². The highest BCUT2D eigenvalue weighted by Crippen LogP contribution is 2.35. The number of benzene rings is 1. The zero-order chi connectivity index (χ0) is 18.3. The molecule has 3 N–H and O–H groups in total. The summed E-state index contributed by atoms with van der Waals surface area (Å²) in [5.74, 6) is -1.65. The van der Waals surface area contributed by atoms with Gasteiger partial charge in [-0.3, -0.25) is 0 Å². The summed E-state index contributed by atoms with van der Waals surface area (Å²) < 4.78 is 39.5. The standard InChI is InChI=1S/C16H16F2N4O4/c17-8-1-2-10(9(18)5-8)20-16(24)21-12-11-6-25-15(26-11)13(14(12)23)22-4-3-19-7-22/h1-5,7,11-15,23H,6H2,(H2,20,21,24)/t11-,12-,13-,14+,15-/m1/s1. The van der Waals surface area contributed by atoms with Crippen LogP contribution in [-0.4, -0.2) is 51.8 Å². The van der Waals surface area contributed by atoms with Crippen molar-refractivity contribution >= 4 is 11.7 Å². The highest BCUT2D eigenvalue weighted by Gasteiger charge is 2.51. The minimum Gasteiger partial charge on any atom is -0.388 e. The van der Waals surface area contributed by atoms with Gasteiger partial charge in [0.05, 0.1) is 24.7 Å². The van der Waals surface area contributed by atoms with Gasteiger partial charge in [-0.1, -0.05) is 0 Å². The van der Waals surface area contributed by atoms with Gasteiger partial charge in [0.15, 0.2) is 6.29 Å². The number of aliphatic hydroxyl groups is 1. The van der Waals surface area contributed by atoms with Crippen LogP contribution in [0.5, 0.6) is 0 Å². The first-order valence-electron chi connectivity index (χ1n) is 7.98. The van der Waals surface area contributed by atoms with Crippen LogP contribution in [-0.2, 0) is 9.47 Å². The molecule has 2 bridgehead atoms. The van der Waals surface area contributed by atoms with Gasteiger partial charge >= 0.3 is 6.03 Å². The van der Waals surface area contributed by atoms with Gasteiger partial charge in [-0.25, -0.2) is 18.6 Å². The second-order valence-electron chi connectivity index (χ2n) is 6.12. The number of urea groups is 1. The zero-order valence-electron chi connectivity index (χ0n) is 13.4. The monoisotopic (exact) mass is 366 g/mol. The Hall–Kier alpha value is -2.56. The molecule has 2 fully saturated rings. The highest BCUT2D eigenvalue weighted by molar-refractivity contribution is 5.89. The molecule has 0 aliphatic carbocycles. The minimum absolute atomic E-state index is 0.179. The molecule has 4 rings (SSSR count). The molecule has 5 atom stereocenters. The Morgan fingerprint density at radius 3 is 2.96 bits per heavy atom. The predicted molar refractivity (Wildman–Crippen MR) is 84.2 cm³/mol. The van der Waals surface area contributed by atoms with E-state index in [-0.39, 0.29) is 12.3 Å². The summed E-state index contributed by atoms with van der Waals surface area (Å²) in [6, 6.07) is 0.674. The summed E-state index contributed by atoms with van der Waals surface area (Å²) in [6.07, 6.45) is 2.52. The van der Waals surface area contributed by atoms with Crippen LogP contribution >= 0.6 is 0 Å². The van der Waals surface area contributed by atoms with Crippen molar-refractivity contribution in [2.24, 2.45) is 0 Å². The Bertz CT molecular complexity index is 804. The van der Waals surface area contributed by atoms with Crippen LogP contribution in [0.4, 0.5) is 19.3 Å². The van der Waals surface area contributed by atoms with Crippen LogP contribution in [0.1, 0.15) is 6.04 Å². The number of aliphatic hydroxyl groups excluding tert-OH is 1. The second kappa shape index (κ2) is 6.63. The number of fused-ring (bicyclic) bond motifs is 2. The van der Waals surface area contributed by atoms with E-state index in [1.54, 1.807) is 17.0 Å². The molecule has 0 saturated carbocycles.